The van der Waals surface area contributed by atoms with Crippen LogP contribution in [-0.2, 0) is 19.2 Å². The van der Waals surface area contributed by atoms with E-state index in [1.165, 1.54) is 21.6 Å². The molecule has 1 aliphatic rings. The molecule has 0 bridgehead atoms. The predicted octanol–water partition coefficient (Wildman–Crippen LogP) is 1.77. The van der Waals surface area contributed by atoms with Crippen LogP contribution in [0.2, 0.25) is 0 Å². The highest BCUT2D eigenvalue weighted by Crippen LogP contribution is 2.31. The minimum absolute atomic E-state index is 0.234. The normalized spacial score (nSPS) is 17.6. The molecule has 17 heavy (non-hydrogen) atoms. The van der Waals surface area contributed by atoms with E-state index in [2.05, 4.69) is 0 Å². The van der Waals surface area contributed by atoms with Gasteiger partial charge in [0.05, 0.1) is 0 Å². The minimum atomic E-state index is -0.271. The lowest BCUT2D eigenvalue weighted by Gasteiger charge is -2.20. The third kappa shape index (κ3) is 4.69. The molecule has 7 heteroatoms. The molecule has 0 aromatic carbocycles. The Kier molecular flexibility index (Phi) is 6.61. The molecular weight excluding hydrogens is 262 g/mol. The van der Waals surface area contributed by atoms with Crippen LogP contribution in [0, 0.1) is 0 Å². The van der Waals surface area contributed by atoms with Crippen LogP contribution < -0.4 is 0 Å². The molecular formula is C10H15NO4S2. The fourth-order valence-corrected chi connectivity index (χ4v) is 3.42. The van der Waals surface area contributed by atoms with E-state index in [1.807, 2.05) is 6.92 Å². The van der Waals surface area contributed by atoms with Gasteiger partial charge in [-0.1, -0.05) is 28.5 Å². The smallest absolute Gasteiger partial charge is 0.254 e. The van der Waals surface area contributed by atoms with E-state index in [1.54, 1.807) is 0 Å². The number of carbonyl (C=O) groups is 3. The Morgan fingerprint density at radius 2 is 2.06 bits per heavy atom. The van der Waals surface area contributed by atoms with Gasteiger partial charge in [0.15, 0.2) is 0 Å². The van der Waals surface area contributed by atoms with E-state index in [9.17, 15) is 14.4 Å². The fraction of sp³-hybridized carbons (Fsp3) is 0.700. The summed E-state index contributed by atoms with van der Waals surface area (Å²) in [6, 6.07) is 0. The SMILES string of the molecule is CCC(ON1C(=O)CCC1=O)SSCCC=O. The summed E-state index contributed by atoms with van der Waals surface area (Å²) in [7, 11) is 2.95. The van der Waals surface area contributed by atoms with Gasteiger partial charge in [0.1, 0.15) is 11.7 Å². The van der Waals surface area contributed by atoms with Crippen LogP contribution in [0.25, 0.3) is 0 Å². The second-order valence-corrected chi connectivity index (χ2v) is 6.05. The first-order valence-electron chi connectivity index (χ1n) is 5.43. The molecule has 0 radical (unpaired) electrons. The van der Waals surface area contributed by atoms with Gasteiger partial charge in [0, 0.05) is 25.0 Å². The van der Waals surface area contributed by atoms with E-state index in [4.69, 9.17) is 4.84 Å². The molecule has 0 aliphatic carbocycles. The van der Waals surface area contributed by atoms with Crippen molar-refractivity contribution in [1.82, 2.24) is 5.06 Å². The van der Waals surface area contributed by atoms with Gasteiger partial charge in [-0.3, -0.25) is 9.59 Å². The Morgan fingerprint density at radius 1 is 1.41 bits per heavy atom. The first-order chi connectivity index (χ1) is 8.19. The molecule has 1 fully saturated rings. The zero-order valence-electron chi connectivity index (χ0n) is 9.59. The largest absolute Gasteiger partial charge is 0.303 e. The maximum atomic E-state index is 11.3. The van der Waals surface area contributed by atoms with Crippen molar-refractivity contribution in [2.75, 3.05) is 5.75 Å². The van der Waals surface area contributed by atoms with E-state index < -0.39 is 0 Å². The predicted molar refractivity (Wildman–Crippen MR) is 67.0 cm³/mol. The van der Waals surface area contributed by atoms with Crippen molar-refractivity contribution >= 4 is 39.7 Å². The molecule has 96 valence electrons. The third-order valence-electron chi connectivity index (χ3n) is 2.06. The summed E-state index contributed by atoms with van der Waals surface area (Å²) in [4.78, 5) is 38.1. The van der Waals surface area contributed by atoms with E-state index in [0.29, 0.717) is 18.6 Å². The highest BCUT2D eigenvalue weighted by atomic mass is 33.1. The van der Waals surface area contributed by atoms with Crippen LogP contribution in [0.5, 0.6) is 0 Å². The maximum absolute atomic E-state index is 11.3. The number of rotatable bonds is 8. The molecule has 0 aromatic heterocycles. The van der Waals surface area contributed by atoms with Gasteiger partial charge < -0.3 is 4.79 Å². The molecule has 1 saturated heterocycles. The first kappa shape index (κ1) is 14.5. The number of hydroxylamine groups is 2. The van der Waals surface area contributed by atoms with Gasteiger partial charge in [0.25, 0.3) is 11.8 Å². The Bertz CT molecular complexity index is 282. The van der Waals surface area contributed by atoms with Crippen molar-refractivity contribution in [1.29, 1.82) is 0 Å². The lowest BCUT2D eigenvalue weighted by molar-refractivity contribution is -0.191. The van der Waals surface area contributed by atoms with Crippen LogP contribution in [0.1, 0.15) is 32.6 Å². The van der Waals surface area contributed by atoms with Crippen LogP contribution >= 0.6 is 21.6 Å². The highest BCUT2D eigenvalue weighted by molar-refractivity contribution is 8.76. The van der Waals surface area contributed by atoms with Gasteiger partial charge >= 0.3 is 0 Å². The van der Waals surface area contributed by atoms with Gasteiger partial charge in [-0.05, 0) is 6.42 Å². The molecule has 0 spiro atoms. The zero-order chi connectivity index (χ0) is 12.7. The molecule has 5 nitrogen and oxygen atoms in total. The first-order valence-corrected chi connectivity index (χ1v) is 7.81. The monoisotopic (exact) mass is 277 g/mol. The Balaban J connectivity index is 2.32. The lowest BCUT2D eigenvalue weighted by Crippen LogP contribution is -2.32. The third-order valence-corrected chi connectivity index (χ3v) is 4.78. The van der Waals surface area contributed by atoms with Crippen molar-refractivity contribution in [3.8, 4) is 0 Å². The molecule has 1 rings (SSSR count). The van der Waals surface area contributed by atoms with E-state index in [-0.39, 0.29) is 30.1 Å². The highest BCUT2D eigenvalue weighted by Gasteiger charge is 2.32. The number of imide groups is 1. The summed E-state index contributed by atoms with van der Waals surface area (Å²) in [6.07, 6.45) is 2.52. The number of aldehydes is 1. The summed E-state index contributed by atoms with van der Waals surface area (Å²) in [6.45, 7) is 1.92. The van der Waals surface area contributed by atoms with Crippen molar-refractivity contribution in [3.63, 3.8) is 0 Å². The second kappa shape index (κ2) is 7.73. The molecule has 1 atom stereocenters. The molecule has 1 heterocycles. The standard InChI is InChI=1S/C10H15NO4S2/c1-2-10(17-16-7-3-6-12)15-11-8(13)4-5-9(11)14/h6,10H,2-5,7H2,1H3. The van der Waals surface area contributed by atoms with Crippen LogP contribution in [0.4, 0.5) is 0 Å². The Morgan fingerprint density at radius 3 is 2.59 bits per heavy atom. The number of amides is 2. The van der Waals surface area contributed by atoms with Gasteiger partial charge in [0.2, 0.25) is 0 Å². The second-order valence-electron chi connectivity index (χ2n) is 3.40. The minimum Gasteiger partial charge on any atom is -0.303 e. The Hall–Kier alpha value is -0.530. The quantitative estimate of drug-likeness (QED) is 0.221. The Labute approximate surface area is 108 Å². The van der Waals surface area contributed by atoms with Gasteiger partial charge in [-0.25, -0.2) is 4.84 Å². The van der Waals surface area contributed by atoms with Crippen LogP contribution in [-0.4, -0.2) is 34.4 Å². The number of hydrogen-bond donors (Lipinski definition) is 0. The lowest BCUT2D eigenvalue weighted by atomic mass is 10.4. The summed E-state index contributed by atoms with van der Waals surface area (Å²) < 4.78 is 0. The number of nitrogens with zero attached hydrogens (tertiary/aromatic N) is 1. The van der Waals surface area contributed by atoms with Crippen molar-refractivity contribution in [3.05, 3.63) is 0 Å². The molecule has 0 saturated carbocycles. The fourth-order valence-electron chi connectivity index (χ4n) is 1.17. The van der Waals surface area contributed by atoms with Gasteiger partial charge in [-0.2, -0.15) is 5.06 Å². The van der Waals surface area contributed by atoms with E-state index >= 15 is 0 Å². The summed E-state index contributed by atoms with van der Waals surface area (Å²) in [5.74, 6) is 0.162. The molecule has 2 amide bonds. The van der Waals surface area contributed by atoms with Crippen LogP contribution in [0.15, 0.2) is 0 Å². The summed E-state index contributed by atoms with van der Waals surface area (Å²) >= 11 is 0. The summed E-state index contributed by atoms with van der Waals surface area (Å²) in [5.41, 5.74) is -0.238. The number of hydrogen-bond acceptors (Lipinski definition) is 6. The molecule has 0 N–H and O–H groups in total. The summed E-state index contributed by atoms with van der Waals surface area (Å²) in [5, 5.41) is 0.876. The van der Waals surface area contributed by atoms with Gasteiger partial charge in [-0.15, -0.1) is 0 Å². The van der Waals surface area contributed by atoms with Crippen LogP contribution in [0.3, 0.4) is 0 Å². The van der Waals surface area contributed by atoms with E-state index in [0.717, 1.165) is 11.3 Å². The van der Waals surface area contributed by atoms with Crippen molar-refractivity contribution in [2.24, 2.45) is 0 Å². The maximum Gasteiger partial charge on any atom is 0.254 e. The molecule has 0 aromatic rings. The topological polar surface area (TPSA) is 63.7 Å². The van der Waals surface area contributed by atoms with Crippen molar-refractivity contribution < 1.29 is 19.2 Å². The average molecular weight is 277 g/mol. The molecule has 1 aliphatic heterocycles. The number of carbonyl (C=O) groups excluding carboxylic acids is 3. The average Bonchev–Trinajstić information content (AvgIpc) is 2.64. The van der Waals surface area contributed by atoms with Crippen molar-refractivity contribution in [2.45, 2.75) is 38.0 Å². The zero-order valence-corrected chi connectivity index (χ0v) is 11.2. The molecule has 1 unspecified atom stereocenters.